The average Bonchev–Trinajstić information content (AvgIpc) is 1.97. The normalized spacial score (nSPS) is 18.6. The second-order valence-electron chi connectivity index (χ2n) is 5.26. The molecular formula is C12H25O2. The van der Waals surface area contributed by atoms with Crippen molar-refractivity contribution in [2.24, 2.45) is 17.8 Å². The first-order valence-corrected chi connectivity index (χ1v) is 5.59. The molecule has 0 aliphatic carbocycles. The van der Waals surface area contributed by atoms with Crippen LogP contribution in [-0.4, -0.2) is 12.4 Å². The van der Waals surface area contributed by atoms with Gasteiger partial charge in [0, 0.05) is 6.42 Å². The van der Waals surface area contributed by atoms with Crippen LogP contribution in [-0.2, 0) is 9.84 Å². The van der Waals surface area contributed by atoms with Crippen LogP contribution < -0.4 is 0 Å². The maximum absolute atomic E-state index is 11.8. The Morgan fingerprint density at radius 3 is 2.00 bits per heavy atom. The van der Waals surface area contributed by atoms with E-state index in [1.165, 1.54) is 0 Å². The minimum Gasteiger partial charge on any atom is -0.347 e. The van der Waals surface area contributed by atoms with E-state index >= 15 is 0 Å². The van der Waals surface area contributed by atoms with Gasteiger partial charge in [0.05, 0.1) is 6.61 Å². The fourth-order valence-electron chi connectivity index (χ4n) is 1.30. The highest BCUT2D eigenvalue weighted by molar-refractivity contribution is 4.64. The average molecular weight is 201 g/mol. The van der Waals surface area contributed by atoms with Crippen LogP contribution in [0.1, 0.15) is 48.0 Å². The van der Waals surface area contributed by atoms with Crippen LogP contribution in [0.3, 0.4) is 0 Å². The fourth-order valence-corrected chi connectivity index (χ4v) is 1.30. The molecule has 0 aromatic rings. The number of rotatable bonds is 6. The van der Waals surface area contributed by atoms with Gasteiger partial charge in [-0.1, -0.05) is 34.6 Å². The lowest BCUT2D eigenvalue weighted by Crippen LogP contribution is -2.31. The van der Waals surface area contributed by atoms with Crippen LogP contribution in [0.2, 0.25) is 0 Å². The third-order valence-corrected chi connectivity index (χ3v) is 2.57. The first kappa shape index (κ1) is 13.9. The Balaban J connectivity index is 3.86. The molecule has 2 unspecified atom stereocenters. The van der Waals surface area contributed by atoms with E-state index in [-0.39, 0.29) is 0 Å². The molecular weight excluding hydrogens is 176 g/mol. The molecule has 0 aliphatic rings. The Kier molecular flexibility index (Phi) is 5.68. The lowest BCUT2D eigenvalue weighted by Gasteiger charge is -2.26. The first-order valence-electron chi connectivity index (χ1n) is 5.59. The Bertz CT molecular complexity index is 150. The van der Waals surface area contributed by atoms with Gasteiger partial charge in [-0.3, -0.25) is 0 Å². The Morgan fingerprint density at radius 1 is 1.14 bits per heavy atom. The zero-order valence-electron chi connectivity index (χ0n) is 10.5. The summed E-state index contributed by atoms with van der Waals surface area (Å²) in [6.45, 7) is 12.7. The molecule has 2 nitrogen and oxygen atoms in total. The minimum absolute atomic E-state index is 0.395. The van der Waals surface area contributed by atoms with Crippen LogP contribution in [0.25, 0.3) is 0 Å². The maximum Gasteiger partial charge on any atom is 0.199 e. The van der Waals surface area contributed by atoms with Crippen LogP contribution in [0.15, 0.2) is 0 Å². The predicted octanol–water partition coefficient (Wildman–Crippen LogP) is 3.49. The zero-order chi connectivity index (χ0) is 11.4. The summed E-state index contributed by atoms with van der Waals surface area (Å²) in [6.07, 6.45) is 0.581. The summed E-state index contributed by atoms with van der Waals surface area (Å²) >= 11 is 0. The Labute approximate surface area is 88.7 Å². The van der Waals surface area contributed by atoms with Crippen LogP contribution in [0.4, 0.5) is 0 Å². The van der Waals surface area contributed by atoms with Gasteiger partial charge in [-0.05, 0) is 24.7 Å². The van der Waals surface area contributed by atoms with Crippen molar-refractivity contribution in [3.8, 4) is 0 Å². The van der Waals surface area contributed by atoms with E-state index in [1.54, 1.807) is 6.92 Å². The van der Waals surface area contributed by atoms with Crippen molar-refractivity contribution in [3.63, 3.8) is 0 Å². The van der Waals surface area contributed by atoms with Gasteiger partial charge < -0.3 is 4.74 Å². The first-order chi connectivity index (χ1) is 6.24. The summed E-state index contributed by atoms with van der Waals surface area (Å²) in [5.74, 6) is 0.212. The molecule has 14 heavy (non-hydrogen) atoms. The third kappa shape index (κ3) is 6.39. The lowest BCUT2D eigenvalue weighted by molar-refractivity contribution is -0.242. The summed E-state index contributed by atoms with van der Waals surface area (Å²) < 4.78 is 5.41. The Morgan fingerprint density at radius 2 is 1.64 bits per heavy atom. The number of ether oxygens (including phenoxy) is 1. The van der Waals surface area contributed by atoms with Gasteiger partial charge >= 0.3 is 0 Å². The van der Waals surface area contributed by atoms with E-state index in [2.05, 4.69) is 20.8 Å². The highest BCUT2D eigenvalue weighted by Gasteiger charge is 2.25. The van der Waals surface area contributed by atoms with Crippen LogP contribution in [0, 0.1) is 17.8 Å². The van der Waals surface area contributed by atoms with E-state index in [0.717, 1.165) is 0 Å². The molecule has 0 fully saturated rings. The minimum atomic E-state index is -1.21. The summed E-state index contributed by atoms with van der Waals surface area (Å²) in [5.41, 5.74) is 0. The Hall–Kier alpha value is -0.0800. The molecule has 0 bridgehead atoms. The highest BCUT2D eigenvalue weighted by Crippen LogP contribution is 2.21. The van der Waals surface area contributed by atoms with Crippen molar-refractivity contribution >= 4 is 0 Å². The summed E-state index contributed by atoms with van der Waals surface area (Å²) in [6, 6.07) is 0. The lowest BCUT2D eigenvalue weighted by atomic mass is 9.99. The van der Waals surface area contributed by atoms with Gasteiger partial charge in [-0.2, -0.15) is 5.11 Å². The molecule has 0 N–H and O–H groups in total. The molecule has 0 spiro atoms. The van der Waals surface area contributed by atoms with E-state index in [0.29, 0.717) is 30.8 Å². The largest absolute Gasteiger partial charge is 0.347 e. The van der Waals surface area contributed by atoms with Crippen molar-refractivity contribution in [2.45, 2.75) is 53.8 Å². The summed E-state index contributed by atoms with van der Waals surface area (Å²) in [5, 5.41) is 11.8. The SMILES string of the molecule is CC(C)CC(C)([O])OCC(C)C(C)C. The molecule has 0 aromatic heterocycles. The molecule has 0 rings (SSSR count). The van der Waals surface area contributed by atoms with Crippen molar-refractivity contribution in [3.05, 3.63) is 0 Å². The van der Waals surface area contributed by atoms with Crippen LogP contribution in [0.5, 0.6) is 0 Å². The molecule has 0 aliphatic heterocycles. The van der Waals surface area contributed by atoms with E-state index in [4.69, 9.17) is 4.74 Å². The second kappa shape index (κ2) is 5.72. The maximum atomic E-state index is 11.8. The topological polar surface area (TPSA) is 29.1 Å². The van der Waals surface area contributed by atoms with E-state index in [1.807, 2.05) is 13.8 Å². The number of hydrogen-bond acceptors (Lipinski definition) is 1. The predicted molar refractivity (Wildman–Crippen MR) is 58.5 cm³/mol. The fraction of sp³-hybridized carbons (Fsp3) is 1.00. The van der Waals surface area contributed by atoms with Gasteiger partial charge in [0.2, 0.25) is 0 Å². The smallest absolute Gasteiger partial charge is 0.199 e. The summed E-state index contributed by atoms with van der Waals surface area (Å²) in [4.78, 5) is 0. The standard InChI is InChI=1S/C12H25O2/c1-9(2)7-12(6,13)14-8-11(5)10(3)4/h9-11H,7-8H2,1-6H3. The molecule has 0 heterocycles. The van der Waals surface area contributed by atoms with Gasteiger partial charge in [-0.25, -0.2) is 0 Å². The molecule has 2 atom stereocenters. The van der Waals surface area contributed by atoms with Crippen molar-refractivity contribution in [1.29, 1.82) is 0 Å². The molecule has 0 saturated carbocycles. The van der Waals surface area contributed by atoms with E-state index in [9.17, 15) is 5.11 Å². The molecule has 0 aromatic carbocycles. The van der Waals surface area contributed by atoms with Gasteiger partial charge in [-0.15, -0.1) is 0 Å². The molecule has 0 saturated heterocycles. The van der Waals surface area contributed by atoms with Gasteiger partial charge in [0.1, 0.15) is 0 Å². The van der Waals surface area contributed by atoms with Crippen LogP contribution >= 0.6 is 0 Å². The molecule has 2 heteroatoms. The monoisotopic (exact) mass is 201 g/mol. The third-order valence-electron chi connectivity index (χ3n) is 2.57. The zero-order valence-corrected chi connectivity index (χ0v) is 10.5. The summed E-state index contributed by atoms with van der Waals surface area (Å²) in [7, 11) is 0. The van der Waals surface area contributed by atoms with E-state index < -0.39 is 5.79 Å². The molecule has 1 radical (unpaired) electrons. The molecule has 85 valence electrons. The number of hydrogen-bond donors (Lipinski definition) is 0. The van der Waals surface area contributed by atoms with Crippen molar-refractivity contribution < 1.29 is 9.84 Å². The van der Waals surface area contributed by atoms with Crippen molar-refractivity contribution in [2.75, 3.05) is 6.61 Å². The van der Waals surface area contributed by atoms with Gasteiger partial charge in [0.15, 0.2) is 5.79 Å². The quantitative estimate of drug-likeness (QED) is 0.605. The van der Waals surface area contributed by atoms with Gasteiger partial charge in [0.25, 0.3) is 0 Å². The second-order valence-corrected chi connectivity index (χ2v) is 5.26. The van der Waals surface area contributed by atoms with Crippen molar-refractivity contribution in [1.82, 2.24) is 0 Å². The highest BCUT2D eigenvalue weighted by atomic mass is 16.6. The molecule has 0 amide bonds.